The van der Waals surface area contributed by atoms with Gasteiger partial charge < -0.3 is 5.32 Å². The Balaban J connectivity index is 2.00. The van der Waals surface area contributed by atoms with E-state index in [0.29, 0.717) is 5.92 Å². The Bertz CT molecular complexity index is 364. The quantitative estimate of drug-likeness (QED) is 0.836. The second-order valence-electron chi connectivity index (χ2n) is 3.82. The number of carbonyl (C=O) groups excluding carboxylic acids is 1. The predicted molar refractivity (Wildman–Crippen MR) is 65.1 cm³/mol. The van der Waals surface area contributed by atoms with Crippen LogP contribution in [0.4, 0.5) is 5.69 Å². The molecule has 1 N–H and O–H groups in total. The molecule has 0 spiro atoms. The molecule has 3 heteroatoms. The minimum atomic E-state index is 0.166. The van der Waals surface area contributed by atoms with Crippen molar-refractivity contribution in [1.82, 2.24) is 0 Å². The van der Waals surface area contributed by atoms with Gasteiger partial charge in [-0.05, 0) is 53.1 Å². The molecule has 1 aliphatic carbocycles. The lowest BCUT2D eigenvalue weighted by atomic mass is 10.3. The maximum absolute atomic E-state index is 11.6. The smallest absolute Gasteiger partial charge is 0.227 e. The first-order valence-electron chi connectivity index (χ1n) is 4.73. The van der Waals surface area contributed by atoms with Crippen LogP contribution in [-0.4, -0.2) is 5.91 Å². The third-order valence-corrected chi connectivity index (χ3v) is 3.21. The molecule has 74 valence electrons. The van der Waals surface area contributed by atoms with Crippen LogP contribution >= 0.6 is 22.6 Å². The molecule has 1 aromatic rings. The van der Waals surface area contributed by atoms with Crippen molar-refractivity contribution in [2.75, 3.05) is 5.32 Å². The summed E-state index contributed by atoms with van der Waals surface area (Å²) in [6, 6.07) is 7.86. The van der Waals surface area contributed by atoms with Crippen LogP contribution in [0, 0.1) is 15.4 Å². The first-order chi connectivity index (χ1) is 6.66. The number of hydrogen-bond donors (Lipinski definition) is 1. The van der Waals surface area contributed by atoms with E-state index in [1.54, 1.807) is 0 Å². The summed E-state index contributed by atoms with van der Waals surface area (Å²) in [5, 5.41) is 2.93. The van der Waals surface area contributed by atoms with Gasteiger partial charge in [-0.25, -0.2) is 0 Å². The van der Waals surface area contributed by atoms with E-state index in [1.807, 2.05) is 24.3 Å². The van der Waals surface area contributed by atoms with Gasteiger partial charge in [-0.3, -0.25) is 4.79 Å². The van der Waals surface area contributed by atoms with Crippen LogP contribution in [0.3, 0.4) is 0 Å². The van der Waals surface area contributed by atoms with E-state index in [4.69, 9.17) is 0 Å². The van der Waals surface area contributed by atoms with Gasteiger partial charge in [0.2, 0.25) is 5.91 Å². The van der Waals surface area contributed by atoms with Gasteiger partial charge in [0.25, 0.3) is 0 Å². The van der Waals surface area contributed by atoms with E-state index in [0.717, 1.165) is 15.7 Å². The highest BCUT2D eigenvalue weighted by Crippen LogP contribution is 2.38. The highest BCUT2D eigenvalue weighted by molar-refractivity contribution is 14.1. The topological polar surface area (TPSA) is 29.1 Å². The van der Waals surface area contributed by atoms with E-state index in [9.17, 15) is 4.79 Å². The average molecular weight is 301 g/mol. The average Bonchev–Trinajstić information content (AvgIpc) is 2.82. The summed E-state index contributed by atoms with van der Waals surface area (Å²) in [4.78, 5) is 11.6. The van der Waals surface area contributed by atoms with Crippen molar-refractivity contribution in [3.63, 3.8) is 0 Å². The summed E-state index contributed by atoms with van der Waals surface area (Å²) in [5.74, 6) is 0.977. The summed E-state index contributed by atoms with van der Waals surface area (Å²) < 4.78 is 1.14. The van der Waals surface area contributed by atoms with Gasteiger partial charge in [0.15, 0.2) is 0 Å². The zero-order valence-corrected chi connectivity index (χ0v) is 10.1. The van der Waals surface area contributed by atoms with Crippen molar-refractivity contribution in [3.8, 4) is 0 Å². The number of amides is 1. The molecule has 2 nitrogen and oxygen atoms in total. The predicted octanol–water partition coefficient (Wildman–Crippen LogP) is 2.89. The summed E-state index contributed by atoms with van der Waals surface area (Å²) >= 11 is 2.24. The summed E-state index contributed by atoms with van der Waals surface area (Å²) in [5.41, 5.74) is 0.904. The molecular formula is C11H12INO. The Kier molecular flexibility index (Phi) is 2.76. The van der Waals surface area contributed by atoms with Crippen molar-refractivity contribution in [2.45, 2.75) is 13.3 Å². The van der Waals surface area contributed by atoms with Crippen molar-refractivity contribution in [1.29, 1.82) is 0 Å². The van der Waals surface area contributed by atoms with Gasteiger partial charge in [-0.1, -0.05) is 13.0 Å². The number of hydrogen-bond acceptors (Lipinski definition) is 1. The first-order valence-corrected chi connectivity index (χ1v) is 5.81. The van der Waals surface area contributed by atoms with Crippen molar-refractivity contribution >= 4 is 34.2 Å². The van der Waals surface area contributed by atoms with Crippen LogP contribution in [-0.2, 0) is 4.79 Å². The van der Waals surface area contributed by atoms with Gasteiger partial charge in [-0.2, -0.15) is 0 Å². The fraction of sp³-hybridized carbons (Fsp3) is 0.364. The van der Waals surface area contributed by atoms with Crippen molar-refractivity contribution < 1.29 is 4.79 Å². The molecule has 1 fully saturated rings. The molecule has 0 aliphatic heterocycles. The van der Waals surface area contributed by atoms with Gasteiger partial charge >= 0.3 is 0 Å². The zero-order chi connectivity index (χ0) is 10.1. The molecule has 0 bridgehead atoms. The molecule has 0 aromatic heterocycles. The molecular weight excluding hydrogens is 289 g/mol. The number of nitrogens with one attached hydrogen (secondary N) is 1. The standard InChI is InChI=1S/C11H12INO/c1-7-5-10(7)11(14)13-9-4-2-3-8(12)6-9/h2-4,6-7,10H,5H2,1H3,(H,13,14)/t7-,10-/m1/s1. The summed E-state index contributed by atoms with van der Waals surface area (Å²) in [7, 11) is 0. The lowest BCUT2D eigenvalue weighted by molar-refractivity contribution is -0.117. The fourth-order valence-electron chi connectivity index (χ4n) is 1.49. The molecule has 0 radical (unpaired) electrons. The molecule has 14 heavy (non-hydrogen) atoms. The van der Waals surface area contributed by atoms with Crippen LogP contribution in [0.25, 0.3) is 0 Å². The first kappa shape index (κ1) is 9.96. The third-order valence-electron chi connectivity index (χ3n) is 2.54. The molecule has 2 rings (SSSR count). The largest absolute Gasteiger partial charge is 0.326 e. The Morgan fingerprint density at radius 1 is 1.57 bits per heavy atom. The minimum Gasteiger partial charge on any atom is -0.326 e. The van der Waals surface area contributed by atoms with E-state index >= 15 is 0 Å². The molecule has 1 aliphatic rings. The number of carbonyl (C=O) groups is 1. The molecule has 1 amide bonds. The van der Waals surface area contributed by atoms with E-state index in [-0.39, 0.29) is 11.8 Å². The zero-order valence-electron chi connectivity index (χ0n) is 7.96. The Morgan fingerprint density at radius 3 is 2.86 bits per heavy atom. The normalized spacial score (nSPS) is 24.4. The SMILES string of the molecule is C[C@@H]1C[C@H]1C(=O)Nc1cccc(I)c1. The summed E-state index contributed by atoms with van der Waals surface area (Å²) in [6.45, 7) is 2.11. The number of halogens is 1. The van der Waals surface area contributed by atoms with E-state index in [1.165, 1.54) is 0 Å². The monoisotopic (exact) mass is 301 g/mol. The molecule has 0 heterocycles. The maximum Gasteiger partial charge on any atom is 0.227 e. The number of anilines is 1. The Hall–Kier alpha value is -0.580. The Morgan fingerprint density at radius 2 is 2.29 bits per heavy atom. The lowest BCUT2D eigenvalue weighted by Crippen LogP contribution is -2.14. The van der Waals surface area contributed by atoms with Crippen molar-refractivity contribution in [2.24, 2.45) is 11.8 Å². The number of rotatable bonds is 2. The number of benzene rings is 1. The van der Waals surface area contributed by atoms with Crippen LogP contribution in [0.2, 0.25) is 0 Å². The second-order valence-corrected chi connectivity index (χ2v) is 5.06. The van der Waals surface area contributed by atoms with Crippen LogP contribution in [0.5, 0.6) is 0 Å². The van der Waals surface area contributed by atoms with Gasteiger partial charge in [0.05, 0.1) is 0 Å². The highest BCUT2D eigenvalue weighted by atomic mass is 127. The fourth-order valence-corrected chi connectivity index (χ4v) is 2.03. The Labute approximate surface area is 97.2 Å². The van der Waals surface area contributed by atoms with Crippen LogP contribution in [0.1, 0.15) is 13.3 Å². The van der Waals surface area contributed by atoms with Crippen LogP contribution < -0.4 is 5.32 Å². The molecule has 0 unspecified atom stereocenters. The highest BCUT2D eigenvalue weighted by Gasteiger charge is 2.38. The van der Waals surface area contributed by atoms with Gasteiger partial charge in [0, 0.05) is 15.2 Å². The van der Waals surface area contributed by atoms with Crippen LogP contribution in [0.15, 0.2) is 24.3 Å². The maximum atomic E-state index is 11.6. The van der Waals surface area contributed by atoms with E-state index < -0.39 is 0 Å². The molecule has 0 saturated heterocycles. The molecule has 1 saturated carbocycles. The third kappa shape index (κ3) is 2.26. The molecule has 1 aromatic carbocycles. The van der Waals surface area contributed by atoms with Gasteiger partial charge in [-0.15, -0.1) is 0 Å². The summed E-state index contributed by atoms with van der Waals surface area (Å²) in [6.07, 6.45) is 1.04. The lowest BCUT2D eigenvalue weighted by Gasteiger charge is -2.04. The second kappa shape index (κ2) is 3.88. The van der Waals surface area contributed by atoms with Gasteiger partial charge in [0.1, 0.15) is 0 Å². The van der Waals surface area contributed by atoms with E-state index in [2.05, 4.69) is 34.8 Å². The minimum absolute atomic E-state index is 0.166. The van der Waals surface area contributed by atoms with Crippen molar-refractivity contribution in [3.05, 3.63) is 27.8 Å². The molecule has 2 atom stereocenters.